The van der Waals surface area contributed by atoms with E-state index >= 15 is 0 Å². The molecule has 0 N–H and O–H groups in total. The first-order valence-corrected chi connectivity index (χ1v) is 9.24. The number of oxazole rings is 1. The maximum atomic E-state index is 5.57. The maximum absolute atomic E-state index is 5.57. The van der Waals surface area contributed by atoms with Gasteiger partial charge in [-0.3, -0.25) is 4.90 Å². The minimum Gasteiger partial charge on any atom is -0.448 e. The molecule has 1 saturated heterocycles. The van der Waals surface area contributed by atoms with Crippen LogP contribution >= 0.6 is 0 Å². The van der Waals surface area contributed by atoms with E-state index in [1.165, 1.54) is 0 Å². The van der Waals surface area contributed by atoms with Crippen molar-refractivity contribution in [2.75, 3.05) is 13.1 Å². The number of piperidine rings is 1. The molecule has 1 atom stereocenters. The van der Waals surface area contributed by atoms with Crippen molar-refractivity contribution in [2.24, 2.45) is 0 Å². The Morgan fingerprint density at radius 2 is 2.04 bits per heavy atom. The molecule has 1 fully saturated rings. The molecule has 0 spiro atoms. The predicted molar refractivity (Wildman–Crippen MR) is 97.6 cm³/mol. The Hall–Kier alpha value is -2.47. The highest BCUT2D eigenvalue weighted by Gasteiger charge is 2.27. The van der Waals surface area contributed by atoms with E-state index in [9.17, 15) is 0 Å². The molecule has 1 aliphatic heterocycles. The van der Waals surface area contributed by atoms with E-state index < -0.39 is 0 Å². The van der Waals surface area contributed by atoms with Crippen LogP contribution < -0.4 is 0 Å². The molecular weight excluding hydrogens is 328 g/mol. The SMILES string of the molecule is CC(C)c1nc(CN2CCC[C@H](c3nc(-c4ccccc4)no3)C2)co1. The molecular formula is C20H24N4O2. The van der Waals surface area contributed by atoms with E-state index in [4.69, 9.17) is 8.94 Å². The van der Waals surface area contributed by atoms with Gasteiger partial charge in [0, 0.05) is 24.6 Å². The Morgan fingerprint density at radius 1 is 1.19 bits per heavy atom. The summed E-state index contributed by atoms with van der Waals surface area (Å²) in [5.41, 5.74) is 1.98. The molecule has 0 radical (unpaired) electrons. The van der Waals surface area contributed by atoms with Crippen molar-refractivity contribution in [3.05, 3.63) is 54.1 Å². The average Bonchev–Trinajstić information content (AvgIpc) is 3.32. The summed E-state index contributed by atoms with van der Waals surface area (Å²) in [7, 11) is 0. The van der Waals surface area contributed by atoms with Crippen LogP contribution in [0.5, 0.6) is 0 Å². The van der Waals surface area contributed by atoms with Crippen molar-refractivity contribution >= 4 is 0 Å². The van der Waals surface area contributed by atoms with Crippen molar-refractivity contribution in [1.82, 2.24) is 20.0 Å². The molecule has 26 heavy (non-hydrogen) atoms. The molecule has 1 aromatic carbocycles. The fourth-order valence-corrected chi connectivity index (χ4v) is 3.40. The van der Waals surface area contributed by atoms with Gasteiger partial charge in [0.05, 0.1) is 11.6 Å². The van der Waals surface area contributed by atoms with Crippen molar-refractivity contribution < 1.29 is 8.94 Å². The lowest BCUT2D eigenvalue weighted by Gasteiger charge is -2.30. The normalized spacial score (nSPS) is 18.5. The molecule has 1 aliphatic rings. The van der Waals surface area contributed by atoms with Crippen LogP contribution in [0.15, 0.2) is 45.5 Å². The van der Waals surface area contributed by atoms with E-state index in [-0.39, 0.29) is 5.92 Å². The number of aromatic nitrogens is 3. The molecule has 3 heterocycles. The summed E-state index contributed by atoms with van der Waals surface area (Å²) < 4.78 is 11.1. The minimum atomic E-state index is 0.269. The number of nitrogens with zero attached hydrogens (tertiary/aromatic N) is 4. The van der Waals surface area contributed by atoms with Crippen LogP contribution in [0.1, 0.15) is 56.0 Å². The number of likely N-dealkylation sites (tertiary alicyclic amines) is 1. The quantitative estimate of drug-likeness (QED) is 0.684. The Bertz CT molecular complexity index is 840. The molecule has 0 saturated carbocycles. The molecule has 4 rings (SSSR count). The van der Waals surface area contributed by atoms with Gasteiger partial charge in [0.1, 0.15) is 6.26 Å². The molecule has 136 valence electrons. The Balaban J connectivity index is 1.42. The van der Waals surface area contributed by atoms with E-state index in [1.807, 2.05) is 30.3 Å². The summed E-state index contributed by atoms with van der Waals surface area (Å²) >= 11 is 0. The Morgan fingerprint density at radius 3 is 2.81 bits per heavy atom. The standard InChI is InChI=1S/C20H24N4O2/c1-14(2)19-21-17(13-25-19)12-24-10-6-9-16(11-24)20-22-18(23-26-20)15-7-4-3-5-8-15/h3-5,7-8,13-14,16H,6,9-12H2,1-2H3/t16-/m0/s1. The summed E-state index contributed by atoms with van der Waals surface area (Å²) in [6, 6.07) is 9.95. The molecule has 6 nitrogen and oxygen atoms in total. The smallest absolute Gasteiger partial charge is 0.231 e. The molecule has 0 aliphatic carbocycles. The molecule has 6 heteroatoms. The lowest BCUT2D eigenvalue weighted by atomic mass is 9.98. The summed E-state index contributed by atoms with van der Waals surface area (Å²) in [6.45, 7) is 6.94. The number of benzene rings is 1. The third kappa shape index (κ3) is 3.70. The van der Waals surface area contributed by atoms with Gasteiger partial charge in [-0.2, -0.15) is 4.98 Å². The fraction of sp³-hybridized carbons (Fsp3) is 0.450. The summed E-state index contributed by atoms with van der Waals surface area (Å²) in [5.74, 6) is 2.78. The van der Waals surface area contributed by atoms with Crippen LogP contribution in [0, 0.1) is 0 Å². The monoisotopic (exact) mass is 352 g/mol. The van der Waals surface area contributed by atoms with Gasteiger partial charge in [0.15, 0.2) is 5.89 Å². The van der Waals surface area contributed by atoms with E-state index in [2.05, 4.69) is 33.9 Å². The van der Waals surface area contributed by atoms with Crippen LogP contribution in [-0.4, -0.2) is 33.1 Å². The Labute approximate surface area is 153 Å². The number of hydrogen-bond acceptors (Lipinski definition) is 6. The first-order chi connectivity index (χ1) is 12.7. The van der Waals surface area contributed by atoms with Crippen LogP contribution in [-0.2, 0) is 6.54 Å². The first kappa shape index (κ1) is 17.0. The second kappa shape index (κ2) is 7.41. The van der Waals surface area contributed by atoms with Crippen molar-refractivity contribution in [3.8, 4) is 11.4 Å². The van der Waals surface area contributed by atoms with Crippen LogP contribution in [0.3, 0.4) is 0 Å². The minimum absolute atomic E-state index is 0.269. The van der Waals surface area contributed by atoms with Crippen LogP contribution in [0.2, 0.25) is 0 Å². The third-order valence-corrected chi connectivity index (χ3v) is 4.78. The molecule has 3 aromatic rings. The van der Waals surface area contributed by atoms with Gasteiger partial charge in [-0.1, -0.05) is 49.3 Å². The van der Waals surface area contributed by atoms with E-state index in [0.717, 1.165) is 55.5 Å². The zero-order valence-electron chi connectivity index (χ0n) is 15.3. The lowest BCUT2D eigenvalue weighted by Crippen LogP contribution is -2.34. The van der Waals surface area contributed by atoms with Gasteiger partial charge in [0.2, 0.25) is 11.7 Å². The van der Waals surface area contributed by atoms with Gasteiger partial charge in [-0.25, -0.2) is 4.98 Å². The average molecular weight is 352 g/mol. The van der Waals surface area contributed by atoms with Crippen molar-refractivity contribution in [2.45, 2.75) is 45.1 Å². The second-order valence-corrected chi connectivity index (χ2v) is 7.23. The van der Waals surface area contributed by atoms with Gasteiger partial charge in [0.25, 0.3) is 0 Å². The first-order valence-electron chi connectivity index (χ1n) is 9.24. The van der Waals surface area contributed by atoms with Gasteiger partial charge in [-0.05, 0) is 19.4 Å². The highest BCUT2D eigenvalue weighted by Crippen LogP contribution is 2.28. The highest BCUT2D eigenvalue weighted by molar-refractivity contribution is 5.53. The largest absolute Gasteiger partial charge is 0.448 e. The van der Waals surface area contributed by atoms with Crippen LogP contribution in [0.25, 0.3) is 11.4 Å². The van der Waals surface area contributed by atoms with Gasteiger partial charge >= 0.3 is 0 Å². The zero-order chi connectivity index (χ0) is 17.9. The highest BCUT2D eigenvalue weighted by atomic mass is 16.5. The number of hydrogen-bond donors (Lipinski definition) is 0. The van der Waals surface area contributed by atoms with Crippen LogP contribution in [0.4, 0.5) is 0 Å². The van der Waals surface area contributed by atoms with Gasteiger partial charge < -0.3 is 8.94 Å². The second-order valence-electron chi connectivity index (χ2n) is 7.23. The maximum Gasteiger partial charge on any atom is 0.231 e. The molecule has 0 unspecified atom stereocenters. The topological polar surface area (TPSA) is 68.2 Å². The number of rotatable bonds is 5. The fourth-order valence-electron chi connectivity index (χ4n) is 3.40. The third-order valence-electron chi connectivity index (χ3n) is 4.78. The molecule has 0 bridgehead atoms. The zero-order valence-corrected chi connectivity index (χ0v) is 15.3. The van der Waals surface area contributed by atoms with Crippen molar-refractivity contribution in [3.63, 3.8) is 0 Å². The predicted octanol–water partition coefficient (Wildman–Crippen LogP) is 4.23. The summed E-state index contributed by atoms with van der Waals surface area (Å²) in [6.07, 6.45) is 3.96. The molecule has 0 amide bonds. The Kier molecular flexibility index (Phi) is 4.84. The molecule has 2 aromatic heterocycles. The van der Waals surface area contributed by atoms with E-state index in [0.29, 0.717) is 11.7 Å². The summed E-state index contributed by atoms with van der Waals surface area (Å²) in [4.78, 5) is 11.6. The van der Waals surface area contributed by atoms with Gasteiger partial charge in [-0.15, -0.1) is 0 Å². The summed E-state index contributed by atoms with van der Waals surface area (Å²) in [5, 5.41) is 4.16. The van der Waals surface area contributed by atoms with Crippen molar-refractivity contribution in [1.29, 1.82) is 0 Å². The van der Waals surface area contributed by atoms with E-state index in [1.54, 1.807) is 6.26 Å². The lowest BCUT2D eigenvalue weighted by molar-refractivity contribution is 0.178.